The van der Waals surface area contributed by atoms with Crippen LogP contribution in [0.25, 0.3) is 0 Å². The number of β-amino-alcohol motifs (C(OH)–C–C–N with tert-alkyl or cyclic N) is 1. The zero-order valence-corrected chi connectivity index (χ0v) is 16.8. The summed E-state index contributed by atoms with van der Waals surface area (Å²) in [6, 6.07) is 8.93. The van der Waals surface area contributed by atoms with Crippen molar-refractivity contribution in [3.05, 3.63) is 47.5 Å². The van der Waals surface area contributed by atoms with Crippen molar-refractivity contribution in [2.45, 2.75) is 43.9 Å². The third-order valence-corrected chi connectivity index (χ3v) is 6.25. The molecule has 26 heavy (non-hydrogen) atoms. The molecule has 2 atom stereocenters. The molecule has 0 unspecified atom stereocenters. The third kappa shape index (κ3) is 5.10. The van der Waals surface area contributed by atoms with Gasteiger partial charge in [-0.1, -0.05) is 17.7 Å². The zero-order valence-electron chi connectivity index (χ0n) is 16.0. The first-order valence-corrected chi connectivity index (χ1v) is 10.3. The first-order chi connectivity index (χ1) is 12.5. The number of nitrogens with zero attached hydrogens (tertiary/aromatic N) is 3. The van der Waals surface area contributed by atoms with Gasteiger partial charge in [0.25, 0.3) is 0 Å². The first kappa shape index (κ1) is 19.4. The summed E-state index contributed by atoms with van der Waals surface area (Å²) in [5.41, 5.74) is 3.50. The quantitative estimate of drug-likeness (QED) is 0.550. The third-order valence-electron chi connectivity index (χ3n) is 5.15. The fourth-order valence-corrected chi connectivity index (χ4v) is 4.31. The number of H-pyrrole nitrogens is 1. The van der Waals surface area contributed by atoms with E-state index in [-0.39, 0.29) is 12.1 Å². The summed E-state index contributed by atoms with van der Waals surface area (Å²) < 4.78 is 0. The van der Waals surface area contributed by atoms with E-state index < -0.39 is 0 Å². The summed E-state index contributed by atoms with van der Waals surface area (Å²) in [4.78, 5) is 13.5. The summed E-state index contributed by atoms with van der Waals surface area (Å²) >= 11 is 1.91. The maximum Gasteiger partial charge on any atom is 0.0925 e. The van der Waals surface area contributed by atoms with Crippen LogP contribution in [0.5, 0.6) is 0 Å². The van der Waals surface area contributed by atoms with E-state index in [9.17, 15) is 5.11 Å². The average Bonchev–Trinajstić information content (AvgIpc) is 3.19. The van der Waals surface area contributed by atoms with Crippen LogP contribution in [-0.2, 0) is 6.54 Å². The van der Waals surface area contributed by atoms with Crippen molar-refractivity contribution < 1.29 is 5.11 Å². The fraction of sp³-hybridized carbons (Fsp3) is 0.550. The van der Waals surface area contributed by atoms with Crippen molar-refractivity contribution in [3.63, 3.8) is 0 Å². The summed E-state index contributed by atoms with van der Waals surface area (Å²) in [6.07, 6.45) is 2.58. The number of aromatic nitrogens is 2. The van der Waals surface area contributed by atoms with Crippen molar-refractivity contribution in [2.24, 2.45) is 0 Å². The van der Waals surface area contributed by atoms with E-state index in [1.54, 1.807) is 6.33 Å². The number of nitrogens with one attached hydrogen (secondary N) is 1. The van der Waals surface area contributed by atoms with Crippen LogP contribution in [0.4, 0.5) is 0 Å². The number of aliphatic hydroxyl groups excluding tert-OH is 1. The Labute approximate surface area is 160 Å². The maximum atomic E-state index is 10.5. The van der Waals surface area contributed by atoms with Crippen molar-refractivity contribution in [1.82, 2.24) is 19.8 Å². The molecule has 2 N–H and O–H groups in total. The second-order valence-corrected chi connectivity index (χ2v) is 8.47. The molecule has 6 heteroatoms. The number of likely N-dealkylation sites (N-methyl/N-ethyl adjacent to an activating group) is 1. The Morgan fingerprint density at radius 1 is 1.27 bits per heavy atom. The standard InChI is InChI=1S/C20H30N4OS/c1-15-5-7-17(8-6-15)26-10-4-9-23(3)19-12-24(13-20(19)25)11-18-16(2)21-14-22-18/h5-8,14,19-20,25H,4,9-13H2,1-3H3,(H,21,22)/t19-,20-/m0/s1. The number of likely N-dealkylation sites (tertiary alicyclic amines) is 1. The Hall–Kier alpha value is -1.34. The van der Waals surface area contributed by atoms with Gasteiger partial charge in [-0.3, -0.25) is 9.80 Å². The van der Waals surface area contributed by atoms with Gasteiger partial charge in [0.15, 0.2) is 0 Å². The summed E-state index contributed by atoms with van der Waals surface area (Å²) in [6.45, 7) is 7.60. The molecule has 0 bridgehead atoms. The fourth-order valence-electron chi connectivity index (χ4n) is 3.47. The lowest BCUT2D eigenvalue weighted by Crippen LogP contribution is -2.41. The number of rotatable bonds is 8. The lowest BCUT2D eigenvalue weighted by molar-refractivity contribution is 0.0989. The van der Waals surface area contributed by atoms with Crippen molar-refractivity contribution >= 4 is 11.8 Å². The molecule has 1 aromatic heterocycles. The van der Waals surface area contributed by atoms with E-state index in [0.717, 1.165) is 49.7 Å². The number of hydrogen-bond donors (Lipinski definition) is 2. The zero-order chi connectivity index (χ0) is 18.5. The minimum atomic E-state index is -0.288. The van der Waals surface area contributed by atoms with E-state index in [4.69, 9.17) is 0 Å². The molecule has 3 rings (SSSR count). The van der Waals surface area contributed by atoms with Gasteiger partial charge in [0, 0.05) is 36.3 Å². The minimum Gasteiger partial charge on any atom is -0.390 e. The largest absolute Gasteiger partial charge is 0.390 e. The number of imidazole rings is 1. The topological polar surface area (TPSA) is 55.4 Å². The number of aliphatic hydroxyl groups is 1. The predicted molar refractivity (Wildman–Crippen MR) is 108 cm³/mol. The van der Waals surface area contributed by atoms with Gasteiger partial charge in [-0.15, -0.1) is 11.8 Å². The van der Waals surface area contributed by atoms with Gasteiger partial charge in [0.05, 0.1) is 18.1 Å². The maximum absolute atomic E-state index is 10.5. The molecule has 0 radical (unpaired) electrons. The number of hydrogen-bond acceptors (Lipinski definition) is 5. The van der Waals surface area contributed by atoms with Crippen molar-refractivity contribution in [1.29, 1.82) is 0 Å². The minimum absolute atomic E-state index is 0.207. The smallest absolute Gasteiger partial charge is 0.0925 e. The number of benzene rings is 1. The molecular weight excluding hydrogens is 344 g/mol. The van der Waals surface area contributed by atoms with Gasteiger partial charge < -0.3 is 10.1 Å². The van der Waals surface area contributed by atoms with Crippen LogP contribution in [0.3, 0.4) is 0 Å². The SMILES string of the molecule is Cc1ccc(SCCCN(C)[C@H]2CN(Cc3nc[nH]c3C)C[C@@H]2O)cc1. The Morgan fingerprint density at radius 3 is 2.73 bits per heavy atom. The second-order valence-electron chi connectivity index (χ2n) is 7.30. The molecule has 2 aromatic rings. The first-order valence-electron chi connectivity index (χ1n) is 9.32. The highest BCUT2D eigenvalue weighted by Crippen LogP contribution is 2.21. The highest BCUT2D eigenvalue weighted by molar-refractivity contribution is 7.99. The predicted octanol–water partition coefficient (Wildman–Crippen LogP) is 2.69. The van der Waals surface area contributed by atoms with Gasteiger partial charge in [-0.25, -0.2) is 4.98 Å². The molecule has 0 amide bonds. The number of aromatic amines is 1. The number of aryl methyl sites for hydroxylation is 2. The molecule has 142 valence electrons. The Kier molecular flexibility index (Phi) is 6.75. The average molecular weight is 375 g/mol. The molecule has 1 fully saturated rings. The van der Waals surface area contributed by atoms with Gasteiger partial charge in [0.1, 0.15) is 0 Å². The normalized spacial score (nSPS) is 21.0. The molecule has 0 spiro atoms. The molecule has 1 aliphatic heterocycles. The van der Waals surface area contributed by atoms with Crippen LogP contribution < -0.4 is 0 Å². The summed E-state index contributed by atoms with van der Waals surface area (Å²) in [5, 5.41) is 10.5. The Morgan fingerprint density at radius 2 is 2.04 bits per heavy atom. The molecule has 0 aliphatic carbocycles. The molecule has 2 heterocycles. The monoisotopic (exact) mass is 374 g/mol. The van der Waals surface area contributed by atoms with Crippen LogP contribution in [0.2, 0.25) is 0 Å². The number of thioether (sulfide) groups is 1. The molecule has 0 saturated carbocycles. The Bertz CT molecular complexity index is 687. The van der Waals surface area contributed by atoms with Crippen LogP contribution in [0, 0.1) is 13.8 Å². The van der Waals surface area contributed by atoms with E-state index in [1.165, 1.54) is 10.5 Å². The van der Waals surface area contributed by atoms with Gasteiger partial charge in [-0.2, -0.15) is 0 Å². The highest BCUT2D eigenvalue weighted by atomic mass is 32.2. The summed E-state index contributed by atoms with van der Waals surface area (Å²) in [5.74, 6) is 1.10. The second kappa shape index (κ2) is 9.04. The van der Waals surface area contributed by atoms with Crippen LogP contribution >= 0.6 is 11.8 Å². The van der Waals surface area contributed by atoms with Gasteiger partial charge in [0.2, 0.25) is 0 Å². The van der Waals surface area contributed by atoms with Gasteiger partial charge in [-0.05, 0) is 51.7 Å². The van der Waals surface area contributed by atoms with E-state index in [0.29, 0.717) is 0 Å². The lowest BCUT2D eigenvalue weighted by Gasteiger charge is -2.26. The van der Waals surface area contributed by atoms with Crippen LogP contribution in [0.1, 0.15) is 23.4 Å². The van der Waals surface area contributed by atoms with E-state index in [2.05, 4.69) is 58.0 Å². The lowest BCUT2D eigenvalue weighted by atomic mass is 10.2. The molecular formula is C20H30N4OS. The van der Waals surface area contributed by atoms with Crippen LogP contribution in [0.15, 0.2) is 35.5 Å². The molecule has 1 aliphatic rings. The molecule has 1 saturated heterocycles. The molecule has 1 aromatic carbocycles. The van der Waals surface area contributed by atoms with Gasteiger partial charge >= 0.3 is 0 Å². The molecule has 5 nitrogen and oxygen atoms in total. The van der Waals surface area contributed by atoms with E-state index >= 15 is 0 Å². The van der Waals surface area contributed by atoms with Crippen LogP contribution in [-0.4, -0.2) is 69.5 Å². The Balaban J connectivity index is 1.40. The van der Waals surface area contributed by atoms with E-state index in [1.807, 2.05) is 18.7 Å². The van der Waals surface area contributed by atoms with Crippen molar-refractivity contribution in [2.75, 3.05) is 32.4 Å². The summed E-state index contributed by atoms with van der Waals surface area (Å²) in [7, 11) is 2.13. The van der Waals surface area contributed by atoms with Crippen molar-refractivity contribution in [3.8, 4) is 0 Å². The highest BCUT2D eigenvalue weighted by Gasteiger charge is 2.34.